The van der Waals surface area contributed by atoms with E-state index in [-0.39, 0.29) is 5.56 Å². The summed E-state index contributed by atoms with van der Waals surface area (Å²) in [5.74, 6) is 1.34. The molecule has 2 aromatic heterocycles. The van der Waals surface area contributed by atoms with Gasteiger partial charge in [0.05, 0.1) is 22.3 Å². The van der Waals surface area contributed by atoms with Gasteiger partial charge in [-0.3, -0.25) is 9.36 Å². The second kappa shape index (κ2) is 8.37. The molecule has 152 valence electrons. The van der Waals surface area contributed by atoms with E-state index in [0.29, 0.717) is 44.2 Å². The average Bonchev–Trinajstić information content (AvgIpc) is 3.27. The van der Waals surface area contributed by atoms with E-state index in [1.807, 2.05) is 54.6 Å². The maximum Gasteiger partial charge on any atom is 0.266 e. The molecule has 8 heteroatoms. The van der Waals surface area contributed by atoms with E-state index in [4.69, 9.17) is 21.1 Å². The highest BCUT2D eigenvalue weighted by Crippen LogP contribution is 2.26. The maximum absolute atomic E-state index is 13.3. The van der Waals surface area contributed by atoms with Crippen molar-refractivity contribution in [3.05, 3.63) is 100 Å². The van der Waals surface area contributed by atoms with Crippen molar-refractivity contribution >= 4 is 34.3 Å². The largest absolute Gasteiger partial charge is 0.338 e. The molecular formula is C23H15ClN4O2S. The average molecular weight is 447 g/mol. The Morgan fingerprint density at radius 3 is 2.58 bits per heavy atom. The predicted molar refractivity (Wildman–Crippen MR) is 122 cm³/mol. The van der Waals surface area contributed by atoms with Gasteiger partial charge in [-0.2, -0.15) is 4.98 Å². The third-order valence-corrected chi connectivity index (χ3v) is 5.79. The van der Waals surface area contributed by atoms with E-state index in [9.17, 15) is 4.79 Å². The summed E-state index contributed by atoms with van der Waals surface area (Å²) in [5.41, 5.74) is 1.99. The third kappa shape index (κ3) is 3.97. The molecule has 0 aliphatic rings. The van der Waals surface area contributed by atoms with E-state index in [0.717, 1.165) is 5.56 Å². The Hall–Kier alpha value is -3.42. The molecule has 3 aromatic carbocycles. The Kier molecular flexibility index (Phi) is 5.28. The predicted octanol–water partition coefficient (Wildman–Crippen LogP) is 5.38. The van der Waals surface area contributed by atoms with Crippen LogP contribution in [0, 0.1) is 0 Å². The normalized spacial score (nSPS) is 11.1. The molecule has 2 heterocycles. The minimum Gasteiger partial charge on any atom is -0.338 e. The molecule has 0 aliphatic heterocycles. The van der Waals surface area contributed by atoms with Gasteiger partial charge in [-0.15, -0.1) is 0 Å². The molecule has 0 saturated heterocycles. The van der Waals surface area contributed by atoms with Crippen molar-refractivity contribution in [3.8, 4) is 17.1 Å². The Balaban J connectivity index is 1.53. The number of hydrogen-bond donors (Lipinski definition) is 0. The van der Waals surface area contributed by atoms with Crippen LogP contribution in [0.15, 0.2) is 93.3 Å². The van der Waals surface area contributed by atoms with Crippen LogP contribution in [-0.2, 0) is 5.75 Å². The first kappa shape index (κ1) is 19.5. The molecule has 0 atom stereocenters. The highest BCUT2D eigenvalue weighted by Gasteiger charge is 2.16. The van der Waals surface area contributed by atoms with Gasteiger partial charge in [-0.1, -0.05) is 77.1 Å². The summed E-state index contributed by atoms with van der Waals surface area (Å²) in [4.78, 5) is 22.5. The molecular weight excluding hydrogens is 432 g/mol. The number of hydrogen-bond acceptors (Lipinski definition) is 6. The molecule has 5 rings (SSSR count). The standard InChI is InChI=1S/C23H15ClN4O2S/c24-16-9-6-10-17(13-16)28-22(29)18-11-4-5-12-19(18)25-23(28)31-14-20-26-21(27-30-20)15-7-2-1-3-8-15/h1-13H,14H2. The fourth-order valence-electron chi connectivity index (χ4n) is 3.20. The van der Waals surface area contributed by atoms with E-state index in [1.54, 1.807) is 28.8 Å². The van der Waals surface area contributed by atoms with Crippen LogP contribution >= 0.6 is 23.4 Å². The van der Waals surface area contributed by atoms with E-state index < -0.39 is 0 Å². The first-order valence-electron chi connectivity index (χ1n) is 9.47. The minimum absolute atomic E-state index is 0.161. The minimum atomic E-state index is -0.161. The lowest BCUT2D eigenvalue weighted by Gasteiger charge is -2.12. The summed E-state index contributed by atoms with van der Waals surface area (Å²) in [6.07, 6.45) is 0. The number of fused-ring (bicyclic) bond motifs is 1. The number of para-hydroxylation sites is 1. The summed E-state index contributed by atoms with van der Waals surface area (Å²) in [5, 5.41) is 5.65. The number of rotatable bonds is 5. The van der Waals surface area contributed by atoms with Crippen molar-refractivity contribution in [2.45, 2.75) is 10.9 Å². The molecule has 0 N–H and O–H groups in total. The molecule has 0 fully saturated rings. The van der Waals surface area contributed by atoms with Gasteiger partial charge in [0.1, 0.15) is 0 Å². The van der Waals surface area contributed by atoms with Crippen LogP contribution < -0.4 is 5.56 Å². The fourth-order valence-corrected chi connectivity index (χ4v) is 4.23. The van der Waals surface area contributed by atoms with Gasteiger partial charge in [0.2, 0.25) is 11.7 Å². The summed E-state index contributed by atoms with van der Waals surface area (Å²) >= 11 is 7.53. The lowest BCUT2D eigenvalue weighted by Crippen LogP contribution is -2.21. The lowest BCUT2D eigenvalue weighted by atomic mass is 10.2. The van der Waals surface area contributed by atoms with Crippen LogP contribution in [0.25, 0.3) is 28.0 Å². The highest BCUT2D eigenvalue weighted by molar-refractivity contribution is 7.98. The van der Waals surface area contributed by atoms with Crippen molar-refractivity contribution in [2.24, 2.45) is 0 Å². The monoisotopic (exact) mass is 446 g/mol. The second-order valence-corrected chi connectivity index (χ2v) is 8.08. The zero-order valence-electron chi connectivity index (χ0n) is 16.1. The molecule has 0 aliphatic carbocycles. The van der Waals surface area contributed by atoms with Gasteiger partial charge >= 0.3 is 0 Å². The third-order valence-electron chi connectivity index (χ3n) is 4.64. The number of thioether (sulfide) groups is 1. The van der Waals surface area contributed by atoms with Gasteiger partial charge in [0.25, 0.3) is 5.56 Å². The molecule has 0 spiro atoms. The van der Waals surface area contributed by atoms with Crippen LogP contribution in [0.5, 0.6) is 0 Å². The number of aromatic nitrogens is 4. The Morgan fingerprint density at radius 1 is 0.935 bits per heavy atom. The van der Waals surface area contributed by atoms with E-state index in [2.05, 4.69) is 10.1 Å². The molecule has 6 nitrogen and oxygen atoms in total. The Morgan fingerprint density at radius 2 is 1.74 bits per heavy atom. The number of halogens is 1. The van der Waals surface area contributed by atoms with Crippen molar-refractivity contribution in [1.29, 1.82) is 0 Å². The highest BCUT2D eigenvalue weighted by atomic mass is 35.5. The maximum atomic E-state index is 13.3. The molecule has 0 amide bonds. The molecule has 0 saturated carbocycles. The first-order chi connectivity index (χ1) is 15.2. The van der Waals surface area contributed by atoms with Gasteiger partial charge < -0.3 is 4.52 Å². The quantitative estimate of drug-likeness (QED) is 0.266. The first-order valence-corrected chi connectivity index (χ1v) is 10.8. The van der Waals surface area contributed by atoms with Crippen molar-refractivity contribution in [3.63, 3.8) is 0 Å². The zero-order chi connectivity index (χ0) is 21.2. The smallest absolute Gasteiger partial charge is 0.266 e. The van der Waals surface area contributed by atoms with Crippen LogP contribution in [-0.4, -0.2) is 19.7 Å². The SMILES string of the molecule is O=c1c2ccccc2nc(SCc2nc(-c3ccccc3)no2)n1-c1cccc(Cl)c1. The number of nitrogens with zero attached hydrogens (tertiary/aromatic N) is 4. The van der Waals surface area contributed by atoms with Crippen molar-refractivity contribution in [1.82, 2.24) is 19.7 Å². The van der Waals surface area contributed by atoms with Crippen LogP contribution in [0.2, 0.25) is 5.02 Å². The Labute approximate surface area is 186 Å². The molecule has 0 unspecified atom stereocenters. The summed E-state index contributed by atoms with van der Waals surface area (Å²) in [7, 11) is 0. The Bertz CT molecular complexity index is 1430. The van der Waals surface area contributed by atoms with Gasteiger partial charge in [0, 0.05) is 10.6 Å². The van der Waals surface area contributed by atoms with Crippen molar-refractivity contribution < 1.29 is 4.52 Å². The topological polar surface area (TPSA) is 73.8 Å². The molecule has 0 radical (unpaired) electrons. The summed E-state index contributed by atoms with van der Waals surface area (Å²) < 4.78 is 6.97. The molecule has 5 aromatic rings. The van der Waals surface area contributed by atoms with Gasteiger partial charge in [-0.25, -0.2) is 4.98 Å². The van der Waals surface area contributed by atoms with Crippen LogP contribution in [0.4, 0.5) is 0 Å². The van der Waals surface area contributed by atoms with Gasteiger partial charge in [0.15, 0.2) is 5.16 Å². The second-order valence-electron chi connectivity index (χ2n) is 6.70. The van der Waals surface area contributed by atoms with Crippen LogP contribution in [0.3, 0.4) is 0 Å². The summed E-state index contributed by atoms with van der Waals surface area (Å²) in [6.45, 7) is 0. The van der Waals surface area contributed by atoms with E-state index >= 15 is 0 Å². The fraction of sp³-hybridized carbons (Fsp3) is 0.0435. The molecule has 31 heavy (non-hydrogen) atoms. The molecule has 0 bridgehead atoms. The van der Waals surface area contributed by atoms with E-state index in [1.165, 1.54) is 11.8 Å². The van der Waals surface area contributed by atoms with Gasteiger partial charge in [-0.05, 0) is 30.3 Å². The summed E-state index contributed by atoms with van der Waals surface area (Å²) in [6, 6.07) is 24.0. The lowest BCUT2D eigenvalue weighted by molar-refractivity contribution is 0.391. The van der Waals surface area contributed by atoms with Crippen LogP contribution in [0.1, 0.15) is 5.89 Å². The zero-order valence-corrected chi connectivity index (χ0v) is 17.7. The number of benzene rings is 3. The van der Waals surface area contributed by atoms with Crippen molar-refractivity contribution in [2.75, 3.05) is 0 Å².